The molecule has 0 aliphatic carbocycles. The number of aliphatic carboxylic acids is 1. The van der Waals surface area contributed by atoms with Crippen molar-refractivity contribution in [2.45, 2.75) is 6.92 Å². The molecule has 1 rings (SSSR count). The third-order valence-corrected chi connectivity index (χ3v) is 2.32. The topological polar surface area (TPSA) is 46.5 Å². The van der Waals surface area contributed by atoms with E-state index in [0.29, 0.717) is 6.61 Å². The van der Waals surface area contributed by atoms with Crippen molar-refractivity contribution in [3.63, 3.8) is 0 Å². The van der Waals surface area contributed by atoms with Crippen LogP contribution in [0.3, 0.4) is 0 Å². The zero-order valence-electron chi connectivity index (χ0n) is 9.39. The van der Waals surface area contributed by atoms with E-state index in [-0.39, 0.29) is 0 Å². The second-order valence-corrected chi connectivity index (χ2v) is 3.70. The molecule has 1 N–H and O–H groups in total. The maximum absolute atomic E-state index is 10.3. The van der Waals surface area contributed by atoms with E-state index >= 15 is 0 Å². The third kappa shape index (κ3) is 5.22. The van der Waals surface area contributed by atoms with Crippen molar-refractivity contribution in [3.8, 4) is 5.75 Å². The first kappa shape index (κ1) is 13.3. The van der Waals surface area contributed by atoms with Gasteiger partial charge in [0.05, 0.1) is 0 Å². The molecule has 0 heterocycles. The van der Waals surface area contributed by atoms with E-state index in [1.807, 2.05) is 6.92 Å². The fourth-order valence-corrected chi connectivity index (χ4v) is 1.13. The average molecular weight is 253 g/mol. The smallest absolute Gasteiger partial charge is 0.328 e. The summed E-state index contributed by atoms with van der Waals surface area (Å²) in [5, 5.41) is 8.47. The molecule has 0 aliphatic rings. The highest BCUT2D eigenvalue weighted by molar-refractivity contribution is 6.25. The molecule has 0 spiro atoms. The van der Waals surface area contributed by atoms with Gasteiger partial charge in [-0.15, -0.1) is 0 Å². The Morgan fingerprint density at radius 3 is 2.59 bits per heavy atom. The van der Waals surface area contributed by atoms with Crippen molar-refractivity contribution in [1.82, 2.24) is 0 Å². The van der Waals surface area contributed by atoms with Gasteiger partial charge in [-0.3, -0.25) is 0 Å². The lowest BCUT2D eigenvalue weighted by atomic mass is 10.2. The minimum Gasteiger partial charge on any atom is -0.489 e. The Balaban J connectivity index is 2.59. The summed E-state index contributed by atoms with van der Waals surface area (Å²) in [4.78, 5) is 10.3. The lowest BCUT2D eigenvalue weighted by Crippen LogP contribution is -1.97. The summed E-state index contributed by atoms with van der Waals surface area (Å²) in [5.74, 6) is -0.247. The molecule has 0 radical (unpaired) electrons. The van der Waals surface area contributed by atoms with E-state index in [1.165, 1.54) is 11.6 Å². The maximum Gasteiger partial charge on any atom is 0.328 e. The first-order valence-corrected chi connectivity index (χ1v) is 5.45. The van der Waals surface area contributed by atoms with E-state index < -0.39 is 5.97 Å². The van der Waals surface area contributed by atoms with Crippen LogP contribution in [0.5, 0.6) is 5.75 Å². The average Bonchev–Trinajstić information content (AvgIpc) is 2.34. The predicted octanol–water partition coefficient (Wildman–Crippen LogP) is 3.31. The molecule has 0 amide bonds. The predicted molar refractivity (Wildman–Crippen MR) is 68.2 cm³/mol. The van der Waals surface area contributed by atoms with Gasteiger partial charge < -0.3 is 9.84 Å². The summed E-state index contributed by atoms with van der Waals surface area (Å²) in [7, 11) is 0. The van der Waals surface area contributed by atoms with Gasteiger partial charge in [0, 0.05) is 11.6 Å². The fourth-order valence-electron chi connectivity index (χ4n) is 1.07. The Bertz CT molecular complexity index is 432. The van der Waals surface area contributed by atoms with Gasteiger partial charge in [0.25, 0.3) is 0 Å². The van der Waals surface area contributed by atoms with Gasteiger partial charge in [-0.05, 0) is 36.3 Å². The summed E-state index contributed by atoms with van der Waals surface area (Å²) >= 11 is 5.51. The van der Waals surface area contributed by atoms with Crippen molar-refractivity contribution in [2.24, 2.45) is 0 Å². The van der Waals surface area contributed by atoms with E-state index in [9.17, 15) is 4.79 Å². The van der Waals surface area contributed by atoms with Gasteiger partial charge in [0.15, 0.2) is 0 Å². The molecule has 4 heteroatoms. The number of benzene rings is 1. The van der Waals surface area contributed by atoms with E-state index in [0.717, 1.165) is 23.0 Å². The van der Waals surface area contributed by atoms with Crippen molar-refractivity contribution < 1.29 is 14.6 Å². The number of carboxylic acids is 1. The molecule has 3 nitrogen and oxygen atoms in total. The van der Waals surface area contributed by atoms with Crippen molar-refractivity contribution >= 4 is 23.6 Å². The third-order valence-electron chi connectivity index (χ3n) is 1.95. The molecule has 0 atom stereocenters. The maximum atomic E-state index is 10.3. The molecule has 0 aromatic heterocycles. The first-order chi connectivity index (χ1) is 8.11. The Morgan fingerprint density at radius 2 is 2.06 bits per heavy atom. The number of halogens is 1. The molecule has 0 saturated heterocycles. The van der Waals surface area contributed by atoms with Crippen LogP contribution in [-0.2, 0) is 4.79 Å². The SMILES string of the molecule is C/C(=C/Cl)COc1ccc(/C=C/C(=O)O)cc1. The standard InChI is InChI=1S/C13H13ClO3/c1-10(8-14)9-17-12-5-2-11(3-6-12)4-7-13(15)16/h2-8H,9H2,1H3,(H,15,16)/b7-4+,10-8-. The quantitative estimate of drug-likeness (QED) is 0.818. The van der Waals surface area contributed by atoms with Gasteiger partial charge in [0.2, 0.25) is 0 Å². The van der Waals surface area contributed by atoms with Crippen molar-refractivity contribution in [2.75, 3.05) is 6.61 Å². The van der Waals surface area contributed by atoms with E-state index in [4.69, 9.17) is 21.4 Å². The lowest BCUT2D eigenvalue weighted by Gasteiger charge is -2.05. The normalized spacial score (nSPS) is 11.8. The van der Waals surface area contributed by atoms with Gasteiger partial charge in [-0.25, -0.2) is 4.79 Å². The van der Waals surface area contributed by atoms with Gasteiger partial charge in [-0.2, -0.15) is 0 Å². The van der Waals surface area contributed by atoms with Crippen molar-refractivity contribution in [3.05, 3.63) is 47.0 Å². The lowest BCUT2D eigenvalue weighted by molar-refractivity contribution is -0.131. The summed E-state index contributed by atoms with van der Waals surface area (Å²) < 4.78 is 5.45. The van der Waals surface area contributed by atoms with Crippen LogP contribution in [0.2, 0.25) is 0 Å². The molecule has 17 heavy (non-hydrogen) atoms. The molecular formula is C13H13ClO3. The van der Waals surface area contributed by atoms with Crippen LogP contribution in [-0.4, -0.2) is 17.7 Å². The number of hydrogen-bond donors (Lipinski definition) is 1. The monoisotopic (exact) mass is 252 g/mol. The Kier molecular flexibility index (Phi) is 5.30. The Morgan fingerprint density at radius 1 is 1.41 bits per heavy atom. The zero-order valence-corrected chi connectivity index (χ0v) is 10.1. The summed E-state index contributed by atoms with van der Waals surface area (Å²) in [5.41, 5.74) is 3.22. The van der Waals surface area contributed by atoms with Gasteiger partial charge >= 0.3 is 5.97 Å². The number of hydrogen-bond acceptors (Lipinski definition) is 2. The molecule has 1 aromatic rings. The van der Waals surface area contributed by atoms with E-state index in [1.54, 1.807) is 24.3 Å². The minimum absolute atomic E-state index is 0.438. The van der Waals surface area contributed by atoms with Gasteiger partial charge in [-0.1, -0.05) is 23.7 Å². The Hall–Kier alpha value is -1.74. The summed E-state index contributed by atoms with van der Waals surface area (Å²) in [6, 6.07) is 7.13. The van der Waals surface area contributed by atoms with Gasteiger partial charge in [0.1, 0.15) is 12.4 Å². The first-order valence-electron chi connectivity index (χ1n) is 5.01. The number of rotatable bonds is 5. The number of carbonyl (C=O) groups is 1. The number of carboxylic acid groups (broad SMARTS) is 1. The van der Waals surface area contributed by atoms with Crippen LogP contribution in [0.25, 0.3) is 6.08 Å². The molecule has 0 aliphatic heterocycles. The van der Waals surface area contributed by atoms with Crippen LogP contribution >= 0.6 is 11.6 Å². The molecule has 1 aromatic carbocycles. The molecule has 0 bridgehead atoms. The van der Waals surface area contributed by atoms with Crippen LogP contribution in [0.15, 0.2) is 41.4 Å². The largest absolute Gasteiger partial charge is 0.489 e. The van der Waals surface area contributed by atoms with E-state index in [2.05, 4.69) is 0 Å². The summed E-state index contributed by atoms with van der Waals surface area (Å²) in [6.45, 7) is 2.31. The molecular weight excluding hydrogens is 240 g/mol. The molecule has 0 unspecified atom stereocenters. The van der Waals surface area contributed by atoms with Crippen molar-refractivity contribution in [1.29, 1.82) is 0 Å². The van der Waals surface area contributed by atoms with Crippen LogP contribution < -0.4 is 4.74 Å². The highest BCUT2D eigenvalue weighted by atomic mass is 35.5. The van der Waals surface area contributed by atoms with Crippen LogP contribution in [0, 0.1) is 0 Å². The summed E-state index contributed by atoms with van der Waals surface area (Å²) in [6.07, 6.45) is 2.62. The highest BCUT2D eigenvalue weighted by Crippen LogP contribution is 2.14. The van der Waals surface area contributed by atoms with Crippen LogP contribution in [0.1, 0.15) is 12.5 Å². The fraction of sp³-hybridized carbons (Fsp3) is 0.154. The molecule has 90 valence electrons. The van der Waals surface area contributed by atoms with Crippen LogP contribution in [0.4, 0.5) is 0 Å². The second-order valence-electron chi connectivity index (χ2n) is 3.48. The second kappa shape index (κ2) is 6.76. The number of ether oxygens (including phenoxy) is 1. The zero-order chi connectivity index (χ0) is 12.7. The highest BCUT2D eigenvalue weighted by Gasteiger charge is 1.95. The minimum atomic E-state index is -0.965. The molecule has 0 saturated carbocycles. The Labute approximate surface area is 105 Å². The molecule has 0 fully saturated rings.